The van der Waals surface area contributed by atoms with E-state index in [0.717, 1.165) is 34.2 Å². The van der Waals surface area contributed by atoms with Gasteiger partial charge < -0.3 is 4.42 Å². The van der Waals surface area contributed by atoms with Crippen LogP contribution in [-0.4, -0.2) is 4.98 Å². The van der Waals surface area contributed by atoms with Gasteiger partial charge in [-0.15, -0.1) is 11.3 Å². The fourth-order valence-corrected chi connectivity index (χ4v) is 6.83. The second-order valence-corrected chi connectivity index (χ2v) is 12.3. The quantitative estimate of drug-likeness (QED) is 0.253. The Bertz CT molecular complexity index is 1740. The van der Waals surface area contributed by atoms with Gasteiger partial charge in [-0.2, -0.15) is 0 Å². The van der Waals surface area contributed by atoms with Crippen molar-refractivity contribution in [2.75, 3.05) is 0 Å². The van der Waals surface area contributed by atoms with Crippen LogP contribution < -0.4 is 0 Å². The number of benzene rings is 3. The number of hydrogen-bond acceptors (Lipinski definition) is 3. The average Bonchev–Trinajstić information content (AvgIpc) is 3.35. The van der Waals surface area contributed by atoms with Gasteiger partial charge in [0.1, 0.15) is 5.69 Å². The first kappa shape index (κ1) is 22.3. The molecule has 0 amide bonds. The van der Waals surface area contributed by atoms with Crippen molar-refractivity contribution in [3.05, 3.63) is 76.8 Å². The van der Waals surface area contributed by atoms with Crippen LogP contribution in [0.2, 0.25) is 0 Å². The summed E-state index contributed by atoms with van der Waals surface area (Å²) in [5.41, 5.74) is 6.63. The third kappa shape index (κ3) is 3.56. The number of fused-ring (bicyclic) bond motifs is 6. The number of thiophene rings is 1. The lowest BCUT2D eigenvalue weighted by Gasteiger charge is -2.22. The molecule has 0 aliphatic heterocycles. The van der Waals surface area contributed by atoms with Crippen LogP contribution in [0.5, 0.6) is 0 Å². The van der Waals surface area contributed by atoms with Crippen molar-refractivity contribution in [1.82, 2.24) is 4.98 Å². The second-order valence-electron chi connectivity index (χ2n) is 11.2. The Morgan fingerprint density at radius 1 is 0.886 bits per heavy atom. The molecule has 0 aliphatic carbocycles. The Hall–Kier alpha value is -3.17. The SMILES string of the molecule is Cc1c(CC(C)C)sc2c1ccc1c3ccnc(-c4cc(C(C)(C)C)c5ccccc5c4)c3oc12. The lowest BCUT2D eigenvalue weighted by atomic mass is 9.82. The van der Waals surface area contributed by atoms with Gasteiger partial charge >= 0.3 is 0 Å². The summed E-state index contributed by atoms with van der Waals surface area (Å²) >= 11 is 1.89. The molecule has 0 radical (unpaired) electrons. The van der Waals surface area contributed by atoms with Gasteiger partial charge in [0.2, 0.25) is 0 Å². The fourth-order valence-electron chi connectivity index (χ4n) is 5.33. The zero-order valence-electron chi connectivity index (χ0n) is 21.3. The predicted molar refractivity (Wildman–Crippen MR) is 152 cm³/mol. The number of hydrogen-bond donors (Lipinski definition) is 0. The first-order valence-electron chi connectivity index (χ1n) is 12.5. The summed E-state index contributed by atoms with van der Waals surface area (Å²) in [6.07, 6.45) is 3.03. The number of aromatic nitrogens is 1. The molecule has 3 aromatic carbocycles. The monoisotopic (exact) mass is 477 g/mol. The smallest absolute Gasteiger partial charge is 0.161 e. The molecule has 0 spiro atoms. The van der Waals surface area contributed by atoms with Crippen LogP contribution in [0.25, 0.3) is 54.1 Å². The number of rotatable bonds is 3. The maximum Gasteiger partial charge on any atom is 0.161 e. The van der Waals surface area contributed by atoms with Crippen LogP contribution >= 0.6 is 11.3 Å². The van der Waals surface area contributed by atoms with E-state index in [-0.39, 0.29) is 5.41 Å². The Balaban J connectivity index is 1.64. The molecule has 3 heteroatoms. The van der Waals surface area contributed by atoms with Crippen molar-refractivity contribution in [2.24, 2.45) is 5.92 Å². The van der Waals surface area contributed by atoms with Crippen molar-refractivity contribution in [3.63, 3.8) is 0 Å². The minimum atomic E-state index is 0.0187. The highest BCUT2D eigenvalue weighted by atomic mass is 32.1. The van der Waals surface area contributed by atoms with Gasteiger partial charge in [0.05, 0.1) is 4.70 Å². The van der Waals surface area contributed by atoms with E-state index in [9.17, 15) is 0 Å². The molecule has 6 rings (SSSR count). The molecule has 0 saturated heterocycles. The highest BCUT2D eigenvalue weighted by molar-refractivity contribution is 7.20. The number of furan rings is 1. The summed E-state index contributed by atoms with van der Waals surface area (Å²) in [5.74, 6) is 0.633. The number of nitrogens with zero attached hydrogens (tertiary/aromatic N) is 1. The van der Waals surface area contributed by atoms with E-state index in [2.05, 4.69) is 96.1 Å². The van der Waals surface area contributed by atoms with Crippen LogP contribution in [0, 0.1) is 12.8 Å². The maximum absolute atomic E-state index is 6.71. The zero-order valence-corrected chi connectivity index (χ0v) is 22.1. The van der Waals surface area contributed by atoms with Crippen LogP contribution in [0.15, 0.2) is 65.2 Å². The molecule has 0 saturated carbocycles. The van der Waals surface area contributed by atoms with Crippen LogP contribution in [0.4, 0.5) is 0 Å². The predicted octanol–water partition coefficient (Wildman–Crippen LogP) is 9.82. The molecule has 0 fully saturated rings. The summed E-state index contributed by atoms with van der Waals surface area (Å²) in [5, 5.41) is 6.15. The van der Waals surface area contributed by atoms with E-state index in [4.69, 9.17) is 9.40 Å². The van der Waals surface area contributed by atoms with Gasteiger partial charge in [-0.3, -0.25) is 4.98 Å². The maximum atomic E-state index is 6.71. The normalized spacial score (nSPS) is 12.7. The number of pyridine rings is 1. The molecule has 0 bridgehead atoms. The van der Waals surface area contributed by atoms with Gasteiger partial charge in [-0.25, -0.2) is 0 Å². The third-order valence-electron chi connectivity index (χ3n) is 7.10. The lowest BCUT2D eigenvalue weighted by Crippen LogP contribution is -2.12. The van der Waals surface area contributed by atoms with Crippen molar-refractivity contribution in [3.8, 4) is 11.3 Å². The standard InChI is InChI=1S/C32H31NOS/c1-18(2)15-27-19(3)22-11-12-24-25-13-14-33-28(29(25)34-30(24)31(22)35-27)21-16-20-9-7-8-10-23(20)26(17-21)32(4,5)6/h7-14,16-18H,15H2,1-6H3. The molecule has 6 aromatic rings. The van der Waals surface area contributed by atoms with Crippen molar-refractivity contribution in [1.29, 1.82) is 0 Å². The topological polar surface area (TPSA) is 26.0 Å². The molecule has 0 unspecified atom stereocenters. The average molecular weight is 478 g/mol. The summed E-state index contributed by atoms with van der Waals surface area (Å²) in [6.45, 7) is 13.7. The summed E-state index contributed by atoms with van der Waals surface area (Å²) < 4.78 is 7.97. The van der Waals surface area contributed by atoms with Gasteiger partial charge in [-0.1, -0.05) is 65.0 Å². The minimum absolute atomic E-state index is 0.0187. The van der Waals surface area contributed by atoms with Crippen LogP contribution in [-0.2, 0) is 11.8 Å². The van der Waals surface area contributed by atoms with Crippen molar-refractivity contribution < 1.29 is 4.42 Å². The van der Waals surface area contributed by atoms with Crippen molar-refractivity contribution in [2.45, 2.75) is 53.4 Å². The van der Waals surface area contributed by atoms with Crippen molar-refractivity contribution >= 4 is 54.1 Å². The third-order valence-corrected chi connectivity index (χ3v) is 8.42. The van der Waals surface area contributed by atoms with E-state index in [1.165, 1.54) is 42.2 Å². The van der Waals surface area contributed by atoms with E-state index in [1.54, 1.807) is 0 Å². The highest BCUT2D eigenvalue weighted by Gasteiger charge is 2.22. The highest BCUT2D eigenvalue weighted by Crippen LogP contribution is 2.43. The molecule has 2 nitrogen and oxygen atoms in total. The largest absolute Gasteiger partial charge is 0.452 e. The van der Waals surface area contributed by atoms with Gasteiger partial charge in [0, 0.05) is 27.4 Å². The molecular formula is C32H31NOS. The molecule has 3 aromatic heterocycles. The minimum Gasteiger partial charge on any atom is -0.452 e. The summed E-state index contributed by atoms with van der Waals surface area (Å²) in [7, 11) is 0. The van der Waals surface area contributed by atoms with E-state index < -0.39 is 0 Å². The van der Waals surface area contributed by atoms with E-state index >= 15 is 0 Å². The van der Waals surface area contributed by atoms with Gasteiger partial charge in [0.25, 0.3) is 0 Å². The molecule has 35 heavy (non-hydrogen) atoms. The van der Waals surface area contributed by atoms with Gasteiger partial charge in [0.15, 0.2) is 11.2 Å². The lowest BCUT2D eigenvalue weighted by molar-refractivity contribution is 0.596. The first-order valence-corrected chi connectivity index (χ1v) is 13.3. The van der Waals surface area contributed by atoms with E-state index in [1.807, 2.05) is 17.5 Å². The fraction of sp³-hybridized carbons (Fsp3) is 0.281. The number of aryl methyl sites for hydroxylation is 1. The first-order chi connectivity index (χ1) is 16.7. The Labute approximate surface area is 210 Å². The molecule has 0 aliphatic rings. The van der Waals surface area contributed by atoms with Gasteiger partial charge in [-0.05, 0) is 76.2 Å². The molecular weight excluding hydrogens is 446 g/mol. The molecule has 0 atom stereocenters. The zero-order chi connectivity index (χ0) is 24.5. The summed E-state index contributed by atoms with van der Waals surface area (Å²) in [4.78, 5) is 6.32. The van der Waals surface area contributed by atoms with Crippen LogP contribution in [0.1, 0.15) is 50.6 Å². The van der Waals surface area contributed by atoms with Crippen LogP contribution in [0.3, 0.4) is 0 Å². The molecule has 0 N–H and O–H groups in total. The Morgan fingerprint density at radius 3 is 2.40 bits per heavy atom. The molecule has 3 heterocycles. The molecule has 176 valence electrons. The Kier molecular flexibility index (Phi) is 5.05. The van der Waals surface area contributed by atoms with E-state index in [0.29, 0.717) is 5.92 Å². The summed E-state index contributed by atoms with van der Waals surface area (Å²) in [6, 6.07) is 19.8. The second kappa shape index (κ2) is 7.93. The Morgan fingerprint density at radius 2 is 1.63 bits per heavy atom.